The Morgan fingerprint density at radius 1 is 1.21 bits per heavy atom. The molecule has 0 amide bonds. The number of aromatic nitrogens is 3. The van der Waals surface area contributed by atoms with Crippen molar-refractivity contribution < 1.29 is 9.47 Å². The highest BCUT2D eigenvalue weighted by Gasteiger charge is 2.13. The molecule has 0 radical (unpaired) electrons. The van der Waals surface area contributed by atoms with E-state index in [1.54, 1.807) is 7.05 Å². The summed E-state index contributed by atoms with van der Waals surface area (Å²) < 4.78 is 10.7. The summed E-state index contributed by atoms with van der Waals surface area (Å²) in [5, 5.41) is 4.91. The molecule has 2 rings (SSSR count). The predicted octanol–water partition coefficient (Wildman–Crippen LogP) is 0.361. The molecule has 0 saturated carbocycles. The van der Waals surface area contributed by atoms with Crippen LogP contribution < -0.4 is 15.5 Å². The van der Waals surface area contributed by atoms with E-state index in [1.165, 1.54) is 0 Å². The molecular formula is C11H20N6O2. The first-order valence-corrected chi connectivity index (χ1v) is 6.47. The van der Waals surface area contributed by atoms with Crippen molar-refractivity contribution in [3.8, 4) is 6.01 Å². The minimum absolute atomic E-state index is 0.331. The summed E-state index contributed by atoms with van der Waals surface area (Å²) >= 11 is 0. The Bertz CT molecular complexity index is 397. The summed E-state index contributed by atoms with van der Waals surface area (Å²) in [4.78, 5) is 12.6. The minimum Gasteiger partial charge on any atom is -0.463 e. The second-order valence-electron chi connectivity index (χ2n) is 4.07. The van der Waals surface area contributed by atoms with Crippen LogP contribution in [0, 0.1) is 0 Å². The quantitative estimate of drug-likeness (QED) is 0.765. The van der Waals surface area contributed by atoms with Gasteiger partial charge in [-0.1, -0.05) is 6.92 Å². The van der Waals surface area contributed by atoms with Crippen LogP contribution in [0.15, 0.2) is 0 Å². The Labute approximate surface area is 112 Å². The first-order valence-electron chi connectivity index (χ1n) is 6.47. The van der Waals surface area contributed by atoms with E-state index in [9.17, 15) is 0 Å². The number of hydrogen-bond acceptors (Lipinski definition) is 8. The molecule has 0 aromatic carbocycles. The number of hydrazine groups is 1. The van der Waals surface area contributed by atoms with Crippen molar-refractivity contribution in [1.29, 1.82) is 0 Å². The highest BCUT2D eigenvalue weighted by Crippen LogP contribution is 2.12. The molecule has 2 N–H and O–H groups in total. The molecule has 0 unspecified atom stereocenters. The van der Waals surface area contributed by atoms with Gasteiger partial charge in [-0.3, -0.25) is 5.43 Å². The van der Waals surface area contributed by atoms with Gasteiger partial charge in [-0.25, -0.2) is 5.01 Å². The molecule has 2 heterocycles. The van der Waals surface area contributed by atoms with Crippen molar-refractivity contribution in [2.75, 3.05) is 50.7 Å². The Hall–Kier alpha value is -1.67. The van der Waals surface area contributed by atoms with Crippen LogP contribution in [0.2, 0.25) is 0 Å². The zero-order chi connectivity index (χ0) is 13.5. The van der Waals surface area contributed by atoms with E-state index in [0.29, 0.717) is 37.7 Å². The SMILES string of the molecule is CCCOc1nc(NC)nc(NN2CCOCC2)n1. The molecule has 8 heteroatoms. The molecule has 1 saturated heterocycles. The molecule has 0 aliphatic carbocycles. The lowest BCUT2D eigenvalue weighted by Gasteiger charge is -2.26. The van der Waals surface area contributed by atoms with E-state index in [4.69, 9.17) is 9.47 Å². The number of ether oxygens (including phenoxy) is 2. The second-order valence-corrected chi connectivity index (χ2v) is 4.07. The zero-order valence-electron chi connectivity index (χ0n) is 11.3. The summed E-state index contributed by atoms with van der Waals surface area (Å²) in [7, 11) is 1.76. The third kappa shape index (κ3) is 4.18. The number of morpholine rings is 1. The van der Waals surface area contributed by atoms with Crippen LogP contribution >= 0.6 is 0 Å². The van der Waals surface area contributed by atoms with E-state index in [1.807, 2.05) is 11.9 Å². The van der Waals surface area contributed by atoms with Gasteiger partial charge in [0, 0.05) is 20.1 Å². The smallest absolute Gasteiger partial charge is 0.323 e. The number of nitrogens with one attached hydrogen (secondary N) is 2. The van der Waals surface area contributed by atoms with Gasteiger partial charge in [0.15, 0.2) is 0 Å². The summed E-state index contributed by atoms with van der Waals surface area (Å²) in [5.41, 5.74) is 3.14. The van der Waals surface area contributed by atoms with Crippen molar-refractivity contribution in [1.82, 2.24) is 20.0 Å². The second kappa shape index (κ2) is 7.05. The van der Waals surface area contributed by atoms with Crippen molar-refractivity contribution in [3.05, 3.63) is 0 Å². The van der Waals surface area contributed by atoms with E-state index >= 15 is 0 Å². The van der Waals surface area contributed by atoms with Gasteiger partial charge in [0.05, 0.1) is 19.8 Å². The topological polar surface area (TPSA) is 84.4 Å². The van der Waals surface area contributed by atoms with Crippen molar-refractivity contribution in [2.45, 2.75) is 13.3 Å². The zero-order valence-corrected chi connectivity index (χ0v) is 11.3. The molecule has 1 aliphatic heterocycles. The fourth-order valence-corrected chi connectivity index (χ4v) is 1.59. The molecule has 106 valence electrons. The number of nitrogens with zero attached hydrogens (tertiary/aromatic N) is 4. The summed E-state index contributed by atoms with van der Waals surface area (Å²) in [6.45, 7) is 5.63. The fraction of sp³-hybridized carbons (Fsp3) is 0.727. The lowest BCUT2D eigenvalue weighted by Crippen LogP contribution is -2.40. The van der Waals surface area contributed by atoms with E-state index in [2.05, 4.69) is 25.7 Å². The van der Waals surface area contributed by atoms with Crippen LogP contribution in [0.25, 0.3) is 0 Å². The standard InChI is InChI=1S/C11H20N6O2/c1-3-6-19-11-14-9(12-2)13-10(15-11)16-17-4-7-18-8-5-17/h3-8H2,1-2H3,(H2,12,13,14,15,16). The molecule has 0 spiro atoms. The number of rotatable bonds is 6. The molecule has 1 aliphatic rings. The largest absolute Gasteiger partial charge is 0.463 e. The predicted molar refractivity (Wildman–Crippen MR) is 71.2 cm³/mol. The molecule has 1 aromatic rings. The summed E-state index contributed by atoms with van der Waals surface area (Å²) in [6.07, 6.45) is 0.910. The lowest BCUT2D eigenvalue weighted by molar-refractivity contribution is 0.0492. The molecule has 19 heavy (non-hydrogen) atoms. The van der Waals surface area contributed by atoms with E-state index in [-0.39, 0.29) is 0 Å². The van der Waals surface area contributed by atoms with Gasteiger partial charge >= 0.3 is 6.01 Å². The van der Waals surface area contributed by atoms with Gasteiger partial charge in [-0.05, 0) is 6.42 Å². The van der Waals surface area contributed by atoms with E-state index < -0.39 is 0 Å². The monoisotopic (exact) mass is 268 g/mol. The maximum absolute atomic E-state index is 5.44. The van der Waals surface area contributed by atoms with Crippen LogP contribution in [-0.2, 0) is 4.74 Å². The Morgan fingerprint density at radius 2 is 1.95 bits per heavy atom. The van der Waals surface area contributed by atoms with E-state index in [0.717, 1.165) is 19.5 Å². The molecule has 0 bridgehead atoms. The normalized spacial score (nSPS) is 16.1. The van der Waals surface area contributed by atoms with Crippen molar-refractivity contribution in [2.24, 2.45) is 0 Å². The van der Waals surface area contributed by atoms with Crippen LogP contribution in [0.5, 0.6) is 6.01 Å². The first-order chi connectivity index (χ1) is 9.31. The average Bonchev–Trinajstić information content (AvgIpc) is 2.46. The summed E-state index contributed by atoms with van der Waals surface area (Å²) in [5.74, 6) is 0.962. The third-order valence-electron chi connectivity index (χ3n) is 2.54. The third-order valence-corrected chi connectivity index (χ3v) is 2.54. The molecule has 1 fully saturated rings. The fourth-order valence-electron chi connectivity index (χ4n) is 1.59. The number of hydrogen-bond donors (Lipinski definition) is 2. The van der Waals surface area contributed by atoms with Gasteiger partial charge in [-0.2, -0.15) is 15.0 Å². The minimum atomic E-state index is 0.331. The van der Waals surface area contributed by atoms with Gasteiger partial charge in [0.2, 0.25) is 11.9 Å². The first kappa shape index (κ1) is 13.8. The molecule has 1 aromatic heterocycles. The Balaban J connectivity index is 2.04. The molecular weight excluding hydrogens is 248 g/mol. The summed E-state index contributed by atoms with van der Waals surface area (Å²) in [6, 6.07) is 0.331. The van der Waals surface area contributed by atoms with Crippen LogP contribution in [0.4, 0.5) is 11.9 Å². The molecule has 8 nitrogen and oxygen atoms in total. The van der Waals surface area contributed by atoms with Crippen LogP contribution in [0.1, 0.15) is 13.3 Å². The highest BCUT2D eigenvalue weighted by atomic mass is 16.5. The van der Waals surface area contributed by atoms with Crippen molar-refractivity contribution >= 4 is 11.9 Å². The Morgan fingerprint density at radius 3 is 2.63 bits per heavy atom. The number of anilines is 2. The lowest BCUT2D eigenvalue weighted by atomic mass is 10.5. The highest BCUT2D eigenvalue weighted by molar-refractivity contribution is 5.34. The van der Waals surface area contributed by atoms with Gasteiger partial charge in [0.1, 0.15) is 0 Å². The van der Waals surface area contributed by atoms with Crippen molar-refractivity contribution in [3.63, 3.8) is 0 Å². The molecule has 0 atom stereocenters. The van der Waals surface area contributed by atoms with Gasteiger partial charge in [-0.15, -0.1) is 0 Å². The maximum atomic E-state index is 5.44. The van der Waals surface area contributed by atoms with Gasteiger partial charge < -0.3 is 14.8 Å². The average molecular weight is 268 g/mol. The maximum Gasteiger partial charge on any atom is 0.323 e. The van der Waals surface area contributed by atoms with Crippen LogP contribution in [-0.4, -0.2) is 59.9 Å². The Kier molecular flexibility index (Phi) is 5.10. The van der Waals surface area contributed by atoms with Gasteiger partial charge in [0.25, 0.3) is 0 Å². The van der Waals surface area contributed by atoms with Crippen LogP contribution in [0.3, 0.4) is 0 Å².